The molecule has 0 radical (unpaired) electrons. The van der Waals surface area contributed by atoms with Gasteiger partial charge in [-0.05, 0) is 31.7 Å². The molecule has 0 amide bonds. The summed E-state index contributed by atoms with van der Waals surface area (Å²) in [4.78, 5) is 0. The van der Waals surface area contributed by atoms with Gasteiger partial charge >= 0.3 is 0 Å². The molecule has 0 heterocycles. The molecule has 0 saturated heterocycles. The third kappa shape index (κ3) is 8.24. The van der Waals surface area contributed by atoms with E-state index in [0.29, 0.717) is 0 Å². The maximum absolute atomic E-state index is 3.92. The Morgan fingerprint density at radius 2 is 0.952 bits per heavy atom. The van der Waals surface area contributed by atoms with Crippen molar-refractivity contribution < 1.29 is 0 Å². The fraction of sp³-hybridized carbons (Fsp3) is 1.00. The molecule has 0 aromatic rings. The molecule has 0 atom stereocenters. The van der Waals surface area contributed by atoms with Crippen LogP contribution in [0, 0.1) is 5.92 Å². The average molecular weight is 294 g/mol. The minimum absolute atomic E-state index is 0.827. The van der Waals surface area contributed by atoms with Gasteiger partial charge < -0.3 is 5.32 Å². The molecule has 21 heavy (non-hydrogen) atoms. The van der Waals surface area contributed by atoms with Crippen molar-refractivity contribution in [1.29, 1.82) is 0 Å². The predicted molar refractivity (Wildman–Crippen MR) is 93.8 cm³/mol. The third-order valence-corrected chi connectivity index (χ3v) is 5.82. The van der Waals surface area contributed by atoms with Crippen LogP contribution in [0.15, 0.2) is 0 Å². The van der Waals surface area contributed by atoms with Gasteiger partial charge in [-0.3, -0.25) is 0 Å². The summed E-state index contributed by atoms with van der Waals surface area (Å²) < 4.78 is 0. The molecule has 0 spiro atoms. The lowest BCUT2D eigenvalue weighted by atomic mass is 9.87. The van der Waals surface area contributed by atoms with Gasteiger partial charge in [0.25, 0.3) is 0 Å². The normalized spacial score (nSPS) is 25.1. The quantitative estimate of drug-likeness (QED) is 0.649. The van der Waals surface area contributed by atoms with Crippen molar-refractivity contribution in [2.75, 3.05) is 6.54 Å². The highest BCUT2D eigenvalue weighted by Gasteiger charge is 2.14. The van der Waals surface area contributed by atoms with E-state index in [4.69, 9.17) is 0 Å². The van der Waals surface area contributed by atoms with E-state index < -0.39 is 0 Å². The topological polar surface area (TPSA) is 12.0 Å². The largest absolute Gasteiger partial charge is 0.314 e. The van der Waals surface area contributed by atoms with Crippen molar-refractivity contribution in [2.24, 2.45) is 5.92 Å². The van der Waals surface area contributed by atoms with Gasteiger partial charge in [-0.25, -0.2) is 0 Å². The van der Waals surface area contributed by atoms with E-state index in [1.807, 2.05) is 0 Å². The lowest BCUT2D eigenvalue weighted by molar-refractivity contribution is 0.319. The highest BCUT2D eigenvalue weighted by atomic mass is 14.9. The minimum Gasteiger partial charge on any atom is -0.314 e. The molecule has 2 rings (SSSR count). The van der Waals surface area contributed by atoms with Crippen LogP contribution in [-0.4, -0.2) is 12.6 Å². The summed E-state index contributed by atoms with van der Waals surface area (Å²) in [5, 5.41) is 3.92. The first-order chi connectivity index (χ1) is 10.4. The van der Waals surface area contributed by atoms with Crippen LogP contribution in [0.1, 0.15) is 109 Å². The molecule has 0 aromatic heterocycles. The Kier molecular flexibility index (Phi) is 9.50. The van der Waals surface area contributed by atoms with E-state index >= 15 is 0 Å². The smallest absolute Gasteiger partial charge is 0.00670 e. The monoisotopic (exact) mass is 293 g/mol. The fourth-order valence-electron chi connectivity index (χ4n) is 4.33. The lowest BCUT2D eigenvalue weighted by Crippen LogP contribution is -2.31. The molecule has 2 saturated carbocycles. The number of hydrogen-bond acceptors (Lipinski definition) is 1. The van der Waals surface area contributed by atoms with Crippen LogP contribution in [0.3, 0.4) is 0 Å². The summed E-state index contributed by atoms with van der Waals surface area (Å²) in [6.07, 6.45) is 25.1. The van der Waals surface area contributed by atoms with Gasteiger partial charge in [0.1, 0.15) is 0 Å². The molecule has 2 fully saturated rings. The van der Waals surface area contributed by atoms with Crippen LogP contribution in [0.5, 0.6) is 0 Å². The van der Waals surface area contributed by atoms with Crippen LogP contribution in [0.25, 0.3) is 0 Å². The Morgan fingerprint density at radius 1 is 0.524 bits per heavy atom. The van der Waals surface area contributed by atoms with E-state index in [-0.39, 0.29) is 0 Å². The molecule has 0 bridgehead atoms. The second-order valence-corrected chi connectivity index (χ2v) is 7.70. The zero-order valence-corrected chi connectivity index (χ0v) is 14.4. The number of rotatable bonds is 4. The van der Waals surface area contributed by atoms with Crippen molar-refractivity contribution in [1.82, 2.24) is 5.32 Å². The molecule has 1 N–H and O–H groups in total. The van der Waals surface area contributed by atoms with Crippen molar-refractivity contribution in [3.05, 3.63) is 0 Å². The summed E-state index contributed by atoms with van der Waals surface area (Å²) in [7, 11) is 0. The summed E-state index contributed by atoms with van der Waals surface area (Å²) >= 11 is 0. The SMILES string of the molecule is C1CCCCCC(NCCC2CCCCC2)CCCCC1. The average Bonchev–Trinajstić information content (AvgIpc) is 2.51. The van der Waals surface area contributed by atoms with Crippen LogP contribution in [0.2, 0.25) is 0 Å². The zero-order chi connectivity index (χ0) is 14.6. The highest BCUT2D eigenvalue weighted by Crippen LogP contribution is 2.26. The molecule has 0 aliphatic heterocycles. The Bertz CT molecular complexity index is 220. The molecule has 2 aliphatic carbocycles. The first kappa shape index (κ1) is 17.3. The van der Waals surface area contributed by atoms with Gasteiger partial charge in [0.05, 0.1) is 0 Å². The molecule has 0 unspecified atom stereocenters. The Hall–Kier alpha value is -0.0400. The van der Waals surface area contributed by atoms with Crippen LogP contribution in [0.4, 0.5) is 0 Å². The standard InChI is InChI=1S/C20H39N/c1-2-4-6-11-15-20(16-12-7-5-3-1)21-18-17-19-13-9-8-10-14-19/h19-21H,1-18H2. The van der Waals surface area contributed by atoms with Crippen molar-refractivity contribution in [3.63, 3.8) is 0 Å². The Balaban J connectivity index is 1.60. The van der Waals surface area contributed by atoms with Gasteiger partial charge in [-0.2, -0.15) is 0 Å². The third-order valence-electron chi connectivity index (χ3n) is 5.82. The van der Waals surface area contributed by atoms with E-state index in [9.17, 15) is 0 Å². The van der Waals surface area contributed by atoms with Gasteiger partial charge in [0, 0.05) is 6.04 Å². The summed E-state index contributed by atoms with van der Waals surface area (Å²) in [5.74, 6) is 1.04. The molecule has 124 valence electrons. The predicted octanol–water partition coefficient (Wildman–Crippen LogP) is 6.22. The first-order valence-corrected chi connectivity index (χ1v) is 10.2. The minimum atomic E-state index is 0.827. The first-order valence-electron chi connectivity index (χ1n) is 10.2. The Morgan fingerprint density at radius 3 is 1.52 bits per heavy atom. The van der Waals surface area contributed by atoms with Crippen LogP contribution >= 0.6 is 0 Å². The molecule has 2 aliphatic rings. The van der Waals surface area contributed by atoms with E-state index in [0.717, 1.165) is 12.0 Å². The summed E-state index contributed by atoms with van der Waals surface area (Å²) in [5.41, 5.74) is 0. The zero-order valence-electron chi connectivity index (χ0n) is 14.4. The van der Waals surface area contributed by atoms with Crippen LogP contribution < -0.4 is 5.32 Å². The van der Waals surface area contributed by atoms with E-state index in [1.54, 1.807) is 0 Å². The van der Waals surface area contributed by atoms with Gasteiger partial charge in [-0.1, -0.05) is 89.9 Å². The maximum atomic E-state index is 3.92. The Labute approximate surface area is 133 Å². The molecular formula is C20H39N. The fourth-order valence-corrected chi connectivity index (χ4v) is 4.33. The lowest BCUT2D eigenvalue weighted by Gasteiger charge is -2.24. The molecular weight excluding hydrogens is 254 g/mol. The summed E-state index contributed by atoms with van der Waals surface area (Å²) in [6, 6.07) is 0.827. The second kappa shape index (κ2) is 11.5. The number of hydrogen-bond donors (Lipinski definition) is 1. The van der Waals surface area contributed by atoms with Crippen LogP contribution in [-0.2, 0) is 0 Å². The number of nitrogens with one attached hydrogen (secondary N) is 1. The van der Waals surface area contributed by atoms with Gasteiger partial charge in [0.15, 0.2) is 0 Å². The molecule has 1 nitrogen and oxygen atoms in total. The maximum Gasteiger partial charge on any atom is 0.00670 e. The van der Waals surface area contributed by atoms with Crippen molar-refractivity contribution in [2.45, 2.75) is 115 Å². The van der Waals surface area contributed by atoms with Gasteiger partial charge in [-0.15, -0.1) is 0 Å². The van der Waals surface area contributed by atoms with Gasteiger partial charge in [0.2, 0.25) is 0 Å². The molecule has 1 heteroatoms. The summed E-state index contributed by atoms with van der Waals surface area (Å²) in [6.45, 7) is 1.29. The van der Waals surface area contributed by atoms with E-state index in [2.05, 4.69) is 5.32 Å². The van der Waals surface area contributed by atoms with Crippen molar-refractivity contribution in [3.8, 4) is 0 Å². The van der Waals surface area contributed by atoms with E-state index in [1.165, 1.54) is 116 Å². The highest BCUT2D eigenvalue weighted by molar-refractivity contribution is 4.71. The molecule has 0 aromatic carbocycles. The van der Waals surface area contributed by atoms with Crippen molar-refractivity contribution >= 4 is 0 Å². The second-order valence-electron chi connectivity index (χ2n) is 7.70.